The fourth-order valence-corrected chi connectivity index (χ4v) is 2.17. The first-order chi connectivity index (χ1) is 8.99. The van der Waals surface area contributed by atoms with Crippen molar-refractivity contribution < 1.29 is 38.4 Å². The van der Waals surface area contributed by atoms with Crippen molar-refractivity contribution in [2.75, 3.05) is 0 Å². The molecule has 106 valence electrons. The van der Waals surface area contributed by atoms with Gasteiger partial charge in [0.2, 0.25) is 0 Å². The molecule has 8 nitrogen and oxygen atoms in total. The third kappa shape index (κ3) is 3.07. The molecular formula is C11H14O8. The van der Waals surface area contributed by atoms with Gasteiger partial charge in [-0.25, -0.2) is 9.59 Å². The smallest absolute Gasteiger partial charge is 0.481 e. The highest BCUT2D eigenvalue weighted by molar-refractivity contribution is 5.69. The number of aliphatic carboxylic acids is 1. The molecule has 2 aliphatic heterocycles. The number of cyclic esters (lactones) is 4. The number of hydrogen-bond acceptors (Lipinski definition) is 7. The van der Waals surface area contributed by atoms with Gasteiger partial charge in [-0.15, -0.1) is 0 Å². The average molecular weight is 274 g/mol. The molecule has 19 heavy (non-hydrogen) atoms. The zero-order valence-corrected chi connectivity index (χ0v) is 10.2. The van der Waals surface area contributed by atoms with Crippen LogP contribution in [0, 0.1) is 0 Å². The van der Waals surface area contributed by atoms with Crippen LogP contribution in [-0.2, 0) is 23.7 Å². The summed E-state index contributed by atoms with van der Waals surface area (Å²) in [6, 6.07) is 0. The summed E-state index contributed by atoms with van der Waals surface area (Å²) < 4.78 is 19.5. The maximum Gasteiger partial charge on any atom is 0.509 e. The molecule has 2 fully saturated rings. The van der Waals surface area contributed by atoms with Gasteiger partial charge in [-0.05, 0) is 6.42 Å². The maximum absolute atomic E-state index is 11.1. The molecule has 0 spiro atoms. The van der Waals surface area contributed by atoms with Crippen molar-refractivity contribution in [1.82, 2.24) is 0 Å². The number of carbonyl (C=O) groups is 3. The first-order valence-corrected chi connectivity index (χ1v) is 5.96. The monoisotopic (exact) mass is 274 g/mol. The van der Waals surface area contributed by atoms with E-state index in [1.165, 1.54) is 0 Å². The topological polar surface area (TPSA) is 108 Å². The minimum atomic E-state index is -1.10. The number of carboxylic acids is 1. The van der Waals surface area contributed by atoms with Gasteiger partial charge < -0.3 is 24.1 Å². The fourth-order valence-electron chi connectivity index (χ4n) is 2.17. The van der Waals surface area contributed by atoms with Crippen LogP contribution in [0.5, 0.6) is 0 Å². The molecule has 2 aliphatic rings. The Morgan fingerprint density at radius 1 is 1.00 bits per heavy atom. The predicted molar refractivity (Wildman–Crippen MR) is 57.4 cm³/mol. The van der Waals surface area contributed by atoms with Gasteiger partial charge in [0.25, 0.3) is 0 Å². The molecule has 0 bridgehead atoms. The maximum atomic E-state index is 11.1. The third-order valence-electron chi connectivity index (χ3n) is 3.06. The molecule has 0 amide bonds. The van der Waals surface area contributed by atoms with Crippen molar-refractivity contribution in [3.63, 3.8) is 0 Å². The second-order valence-corrected chi connectivity index (χ2v) is 4.37. The molecule has 0 saturated carbocycles. The van der Waals surface area contributed by atoms with Gasteiger partial charge in [-0.2, -0.15) is 0 Å². The molecule has 1 N–H and O–H groups in total. The third-order valence-corrected chi connectivity index (χ3v) is 3.06. The summed E-state index contributed by atoms with van der Waals surface area (Å²) in [7, 11) is 0. The van der Waals surface area contributed by atoms with Gasteiger partial charge in [-0.1, -0.05) is 6.92 Å². The van der Waals surface area contributed by atoms with E-state index in [0.29, 0.717) is 6.42 Å². The van der Waals surface area contributed by atoms with Crippen LogP contribution in [0.4, 0.5) is 9.59 Å². The summed E-state index contributed by atoms with van der Waals surface area (Å²) in [6.07, 6.45) is -3.92. The molecular weight excluding hydrogens is 260 g/mol. The number of hydrogen-bond donors (Lipinski definition) is 1. The Balaban J connectivity index is 1.98. The van der Waals surface area contributed by atoms with E-state index in [4.69, 9.17) is 24.1 Å². The van der Waals surface area contributed by atoms with Crippen LogP contribution >= 0.6 is 0 Å². The average Bonchev–Trinajstić information content (AvgIpc) is 2.82. The van der Waals surface area contributed by atoms with Gasteiger partial charge in [-0.3, -0.25) is 4.79 Å². The molecule has 2 heterocycles. The van der Waals surface area contributed by atoms with E-state index in [0.717, 1.165) is 0 Å². The molecule has 2 rings (SSSR count). The zero-order valence-electron chi connectivity index (χ0n) is 10.2. The minimum absolute atomic E-state index is 0.161. The molecule has 0 aliphatic carbocycles. The predicted octanol–water partition coefficient (Wildman–Crippen LogP) is 1.07. The summed E-state index contributed by atoms with van der Waals surface area (Å²) in [5, 5.41) is 8.72. The van der Waals surface area contributed by atoms with Gasteiger partial charge in [0.05, 0.1) is 6.42 Å². The molecule has 2 saturated heterocycles. The van der Waals surface area contributed by atoms with Crippen LogP contribution in [0.1, 0.15) is 26.2 Å². The molecule has 4 unspecified atom stereocenters. The lowest BCUT2D eigenvalue weighted by molar-refractivity contribution is -0.139. The Hall–Kier alpha value is -1.99. The van der Waals surface area contributed by atoms with Crippen LogP contribution in [0.15, 0.2) is 0 Å². The minimum Gasteiger partial charge on any atom is -0.481 e. The van der Waals surface area contributed by atoms with E-state index in [2.05, 4.69) is 0 Å². The van der Waals surface area contributed by atoms with E-state index in [1.54, 1.807) is 0 Å². The van der Waals surface area contributed by atoms with Gasteiger partial charge >= 0.3 is 18.3 Å². The Bertz CT molecular complexity index is 392. The number of ether oxygens (including phenoxy) is 4. The summed E-state index contributed by atoms with van der Waals surface area (Å²) >= 11 is 0. The quantitative estimate of drug-likeness (QED) is 0.741. The highest BCUT2D eigenvalue weighted by atomic mass is 16.8. The van der Waals surface area contributed by atoms with Crippen LogP contribution in [-0.4, -0.2) is 47.8 Å². The second kappa shape index (κ2) is 5.33. The van der Waals surface area contributed by atoms with E-state index >= 15 is 0 Å². The van der Waals surface area contributed by atoms with Gasteiger partial charge in [0.1, 0.15) is 18.3 Å². The highest BCUT2D eigenvalue weighted by Crippen LogP contribution is 2.28. The lowest BCUT2D eigenvalue weighted by Gasteiger charge is -2.18. The molecule has 0 aromatic heterocycles. The lowest BCUT2D eigenvalue weighted by atomic mass is 10.00. The summed E-state index contributed by atoms with van der Waals surface area (Å²) in [6.45, 7) is 1.82. The number of rotatable bonds is 5. The largest absolute Gasteiger partial charge is 0.509 e. The Labute approximate surface area is 108 Å². The standard InChI is InChI=1S/C11H14O8/c1-2-5-6(17-10(14)16-5)3-7-8(4-9(12)13)19-11(15)18-7/h5-8H,2-4H2,1H3,(H,12,13). The van der Waals surface area contributed by atoms with Crippen LogP contribution in [0.2, 0.25) is 0 Å². The molecule has 8 heteroatoms. The Morgan fingerprint density at radius 3 is 2.00 bits per heavy atom. The Kier molecular flexibility index (Phi) is 3.77. The zero-order chi connectivity index (χ0) is 14.0. The summed E-state index contributed by atoms with van der Waals surface area (Å²) in [4.78, 5) is 32.8. The molecule has 0 aromatic rings. The van der Waals surface area contributed by atoms with Crippen LogP contribution in [0.25, 0.3) is 0 Å². The van der Waals surface area contributed by atoms with E-state index < -0.39 is 42.7 Å². The fraction of sp³-hybridized carbons (Fsp3) is 0.727. The molecule has 0 aromatic carbocycles. The van der Waals surface area contributed by atoms with E-state index in [1.807, 2.05) is 6.92 Å². The molecule has 0 radical (unpaired) electrons. The summed E-state index contributed by atoms with van der Waals surface area (Å²) in [5.74, 6) is -1.10. The van der Waals surface area contributed by atoms with Crippen molar-refractivity contribution in [2.45, 2.75) is 50.6 Å². The second-order valence-electron chi connectivity index (χ2n) is 4.37. The first-order valence-electron chi connectivity index (χ1n) is 5.96. The Morgan fingerprint density at radius 2 is 1.47 bits per heavy atom. The van der Waals surface area contributed by atoms with Crippen LogP contribution < -0.4 is 0 Å². The highest BCUT2D eigenvalue weighted by Gasteiger charge is 2.44. The lowest BCUT2D eigenvalue weighted by Crippen LogP contribution is -2.33. The van der Waals surface area contributed by atoms with E-state index in [-0.39, 0.29) is 12.8 Å². The number of carbonyl (C=O) groups excluding carboxylic acids is 2. The van der Waals surface area contributed by atoms with Gasteiger partial charge in [0.15, 0.2) is 6.10 Å². The first kappa shape index (κ1) is 13.4. The van der Waals surface area contributed by atoms with Crippen molar-refractivity contribution in [3.8, 4) is 0 Å². The van der Waals surface area contributed by atoms with Crippen molar-refractivity contribution >= 4 is 18.3 Å². The van der Waals surface area contributed by atoms with Crippen LogP contribution in [0.3, 0.4) is 0 Å². The van der Waals surface area contributed by atoms with E-state index in [9.17, 15) is 14.4 Å². The number of carboxylic acid groups (broad SMARTS) is 1. The van der Waals surface area contributed by atoms with Crippen molar-refractivity contribution in [3.05, 3.63) is 0 Å². The summed E-state index contributed by atoms with van der Waals surface area (Å²) in [5.41, 5.74) is 0. The normalized spacial score (nSPS) is 33.3. The van der Waals surface area contributed by atoms with Gasteiger partial charge in [0, 0.05) is 6.42 Å². The van der Waals surface area contributed by atoms with Crippen molar-refractivity contribution in [2.24, 2.45) is 0 Å². The van der Waals surface area contributed by atoms with Crippen molar-refractivity contribution in [1.29, 1.82) is 0 Å². The SMILES string of the molecule is CCC1OC(=O)OC1CC1OC(=O)OC1CC(=O)O. The molecule has 4 atom stereocenters.